The first-order valence-electron chi connectivity index (χ1n) is 4.61. The first-order valence-corrected chi connectivity index (χ1v) is 4.61. The maximum Gasteiger partial charge on any atom is 0.0661 e. The van der Waals surface area contributed by atoms with Gasteiger partial charge in [0.2, 0.25) is 0 Å². The van der Waals surface area contributed by atoms with Gasteiger partial charge in [-0.2, -0.15) is 5.26 Å². The Morgan fingerprint density at radius 3 is 2.75 bits per heavy atom. The maximum atomic E-state index is 8.68. The second-order valence-corrected chi connectivity index (χ2v) is 4.36. The Kier molecular flexibility index (Phi) is 2.57. The van der Waals surface area contributed by atoms with Crippen LogP contribution in [0.2, 0.25) is 0 Å². The smallest absolute Gasteiger partial charge is 0.0661 e. The molecular formula is C11H17N. The fraction of sp³-hybridized carbons (Fsp3) is 0.727. The quantitative estimate of drug-likeness (QED) is 0.586. The van der Waals surface area contributed by atoms with E-state index in [1.54, 1.807) is 0 Å². The van der Waals surface area contributed by atoms with Crippen LogP contribution in [-0.2, 0) is 0 Å². The molecule has 0 bridgehead atoms. The number of rotatable bonds is 3. The molecule has 0 spiro atoms. The SMILES string of the molecule is CC(C)=CCC[C@@]1(C)CC1C#N. The van der Waals surface area contributed by atoms with Crippen molar-refractivity contribution >= 4 is 0 Å². The van der Waals surface area contributed by atoms with Gasteiger partial charge in [-0.25, -0.2) is 0 Å². The summed E-state index contributed by atoms with van der Waals surface area (Å²) in [5.74, 6) is 0.336. The Labute approximate surface area is 75.1 Å². The van der Waals surface area contributed by atoms with E-state index in [-0.39, 0.29) is 0 Å². The Hall–Kier alpha value is -0.770. The summed E-state index contributed by atoms with van der Waals surface area (Å²) in [6, 6.07) is 2.35. The highest BCUT2D eigenvalue weighted by atomic mass is 14.5. The molecule has 2 atom stereocenters. The van der Waals surface area contributed by atoms with Gasteiger partial charge in [-0.3, -0.25) is 0 Å². The molecule has 1 rings (SSSR count). The van der Waals surface area contributed by atoms with E-state index >= 15 is 0 Å². The van der Waals surface area contributed by atoms with Crippen molar-refractivity contribution in [3.63, 3.8) is 0 Å². The molecule has 1 aliphatic rings. The van der Waals surface area contributed by atoms with Crippen LogP contribution in [0.25, 0.3) is 0 Å². The van der Waals surface area contributed by atoms with Crippen molar-refractivity contribution < 1.29 is 0 Å². The summed E-state index contributed by atoms with van der Waals surface area (Å²) >= 11 is 0. The fourth-order valence-electron chi connectivity index (χ4n) is 1.58. The van der Waals surface area contributed by atoms with Crippen LogP contribution in [0.5, 0.6) is 0 Å². The molecular weight excluding hydrogens is 146 g/mol. The number of nitrogens with zero attached hydrogens (tertiary/aromatic N) is 1. The van der Waals surface area contributed by atoms with E-state index in [9.17, 15) is 0 Å². The van der Waals surface area contributed by atoms with Gasteiger partial charge in [-0.15, -0.1) is 0 Å². The van der Waals surface area contributed by atoms with Crippen molar-refractivity contribution in [3.05, 3.63) is 11.6 Å². The predicted molar refractivity (Wildman–Crippen MR) is 50.5 cm³/mol. The molecule has 0 N–H and O–H groups in total. The Balaban J connectivity index is 2.27. The van der Waals surface area contributed by atoms with E-state index in [1.165, 1.54) is 12.0 Å². The lowest BCUT2D eigenvalue weighted by molar-refractivity contribution is 0.497. The van der Waals surface area contributed by atoms with E-state index in [2.05, 4.69) is 32.9 Å². The van der Waals surface area contributed by atoms with Crippen LogP contribution < -0.4 is 0 Å². The van der Waals surface area contributed by atoms with Gasteiger partial charge in [0, 0.05) is 0 Å². The lowest BCUT2D eigenvalue weighted by Crippen LogP contribution is -1.95. The zero-order valence-corrected chi connectivity index (χ0v) is 8.22. The second kappa shape index (κ2) is 3.31. The summed E-state index contributed by atoms with van der Waals surface area (Å²) in [6.07, 6.45) is 5.69. The average Bonchev–Trinajstić information content (AvgIpc) is 2.61. The molecule has 1 nitrogen and oxygen atoms in total. The molecule has 1 unspecified atom stereocenters. The predicted octanol–water partition coefficient (Wildman–Crippen LogP) is 3.28. The van der Waals surface area contributed by atoms with E-state index in [0.29, 0.717) is 11.3 Å². The molecule has 0 aliphatic heterocycles. The van der Waals surface area contributed by atoms with Crippen molar-refractivity contribution in [1.29, 1.82) is 5.26 Å². The van der Waals surface area contributed by atoms with Crippen LogP contribution >= 0.6 is 0 Å². The van der Waals surface area contributed by atoms with Crippen LogP contribution in [-0.4, -0.2) is 0 Å². The number of nitriles is 1. The topological polar surface area (TPSA) is 23.8 Å². The van der Waals surface area contributed by atoms with Gasteiger partial charge in [0.25, 0.3) is 0 Å². The van der Waals surface area contributed by atoms with Gasteiger partial charge in [0.15, 0.2) is 0 Å². The minimum Gasteiger partial charge on any atom is -0.198 e. The average molecular weight is 163 g/mol. The molecule has 1 saturated carbocycles. The Bertz CT molecular complexity index is 230. The van der Waals surface area contributed by atoms with Crippen molar-refractivity contribution in [3.8, 4) is 6.07 Å². The van der Waals surface area contributed by atoms with Crippen molar-refractivity contribution in [2.24, 2.45) is 11.3 Å². The first-order chi connectivity index (χ1) is 5.58. The van der Waals surface area contributed by atoms with E-state index in [4.69, 9.17) is 5.26 Å². The molecule has 1 heteroatoms. The third-order valence-electron chi connectivity index (χ3n) is 2.78. The van der Waals surface area contributed by atoms with Gasteiger partial charge in [-0.05, 0) is 38.5 Å². The summed E-state index contributed by atoms with van der Waals surface area (Å²) in [5, 5.41) is 8.68. The third-order valence-corrected chi connectivity index (χ3v) is 2.78. The van der Waals surface area contributed by atoms with Crippen LogP contribution in [0, 0.1) is 22.7 Å². The molecule has 0 saturated heterocycles. The van der Waals surface area contributed by atoms with Crippen LogP contribution in [0.15, 0.2) is 11.6 Å². The molecule has 0 heterocycles. The summed E-state index contributed by atoms with van der Waals surface area (Å²) in [5.41, 5.74) is 1.73. The summed E-state index contributed by atoms with van der Waals surface area (Å²) in [4.78, 5) is 0. The highest BCUT2D eigenvalue weighted by molar-refractivity contribution is 5.10. The zero-order valence-electron chi connectivity index (χ0n) is 8.22. The molecule has 0 amide bonds. The Morgan fingerprint density at radius 1 is 1.67 bits per heavy atom. The highest BCUT2D eigenvalue weighted by Crippen LogP contribution is 2.55. The standard InChI is InChI=1S/C11H17N/c1-9(2)5-4-6-11(3)7-10(11)8-12/h5,10H,4,6-7H2,1-3H3/t10?,11-/m0/s1. The monoisotopic (exact) mass is 163 g/mol. The van der Waals surface area contributed by atoms with Crippen molar-refractivity contribution in [1.82, 2.24) is 0 Å². The molecule has 0 aromatic rings. The Morgan fingerprint density at radius 2 is 2.33 bits per heavy atom. The summed E-state index contributed by atoms with van der Waals surface area (Å²) in [6.45, 7) is 6.47. The molecule has 1 aliphatic carbocycles. The zero-order chi connectivity index (χ0) is 9.19. The van der Waals surface area contributed by atoms with E-state index in [0.717, 1.165) is 12.8 Å². The minimum atomic E-state index is 0.336. The molecule has 0 aromatic carbocycles. The minimum absolute atomic E-state index is 0.336. The highest BCUT2D eigenvalue weighted by Gasteiger charge is 2.49. The van der Waals surface area contributed by atoms with Gasteiger partial charge < -0.3 is 0 Å². The molecule has 0 aromatic heterocycles. The summed E-state index contributed by atoms with van der Waals surface area (Å²) in [7, 11) is 0. The first kappa shape index (κ1) is 9.32. The number of hydrogen-bond acceptors (Lipinski definition) is 1. The van der Waals surface area contributed by atoms with Gasteiger partial charge in [-0.1, -0.05) is 18.6 Å². The lowest BCUT2D eigenvalue weighted by Gasteiger charge is -2.05. The van der Waals surface area contributed by atoms with Crippen LogP contribution in [0.1, 0.15) is 40.0 Å². The van der Waals surface area contributed by atoms with E-state index < -0.39 is 0 Å². The number of allylic oxidation sites excluding steroid dienone is 2. The van der Waals surface area contributed by atoms with Gasteiger partial charge in [0.1, 0.15) is 0 Å². The van der Waals surface area contributed by atoms with Crippen LogP contribution in [0.4, 0.5) is 0 Å². The van der Waals surface area contributed by atoms with E-state index in [1.807, 2.05) is 0 Å². The second-order valence-electron chi connectivity index (χ2n) is 4.36. The van der Waals surface area contributed by atoms with Gasteiger partial charge >= 0.3 is 0 Å². The third kappa shape index (κ3) is 2.11. The molecule has 1 fully saturated rings. The van der Waals surface area contributed by atoms with Crippen LogP contribution in [0.3, 0.4) is 0 Å². The summed E-state index contributed by atoms with van der Waals surface area (Å²) < 4.78 is 0. The molecule has 12 heavy (non-hydrogen) atoms. The lowest BCUT2D eigenvalue weighted by atomic mass is 9.99. The maximum absolute atomic E-state index is 8.68. The van der Waals surface area contributed by atoms with Crippen molar-refractivity contribution in [2.45, 2.75) is 40.0 Å². The fourth-order valence-corrected chi connectivity index (χ4v) is 1.58. The normalized spacial score (nSPS) is 32.3. The van der Waals surface area contributed by atoms with Crippen molar-refractivity contribution in [2.75, 3.05) is 0 Å². The molecule has 0 radical (unpaired) electrons. The van der Waals surface area contributed by atoms with Gasteiger partial charge in [0.05, 0.1) is 12.0 Å². The number of hydrogen-bond donors (Lipinski definition) is 0. The largest absolute Gasteiger partial charge is 0.198 e. The molecule has 66 valence electrons.